The van der Waals surface area contributed by atoms with E-state index in [-0.39, 0.29) is 17.3 Å². The molecule has 0 radical (unpaired) electrons. The van der Waals surface area contributed by atoms with Crippen LogP contribution in [0.4, 0.5) is 0 Å². The SMILES string of the molecule is CC1(C)c2ccccc2-c2c1ccc1c2c2ccccc2n1C1=C(c2ccccc2)C=C(c2nc(C3=CNCC=C3)nc(-c3cccnc3)n2)CC1C1C=CC=CC1. The minimum Gasteiger partial charge on any atom is -0.387 e. The Bertz CT molecular complexity index is 2980. The van der Waals surface area contributed by atoms with Crippen LogP contribution in [0.3, 0.4) is 0 Å². The number of aromatic nitrogens is 5. The van der Waals surface area contributed by atoms with Crippen LogP contribution < -0.4 is 5.32 Å². The van der Waals surface area contributed by atoms with Crippen LogP contribution in [0, 0.1) is 11.8 Å². The van der Waals surface area contributed by atoms with Crippen molar-refractivity contribution in [3.63, 3.8) is 0 Å². The number of rotatable bonds is 6. The molecule has 1 N–H and O–H groups in total. The van der Waals surface area contributed by atoms with Gasteiger partial charge in [-0.2, -0.15) is 0 Å². The molecule has 0 bridgehead atoms. The van der Waals surface area contributed by atoms with Crippen molar-refractivity contribution in [2.24, 2.45) is 11.8 Å². The zero-order chi connectivity index (χ0) is 38.8. The number of fused-ring (bicyclic) bond motifs is 7. The Labute approximate surface area is 338 Å². The summed E-state index contributed by atoms with van der Waals surface area (Å²) in [4.78, 5) is 19.9. The number of allylic oxidation sites excluding steroid dienone is 10. The smallest absolute Gasteiger partial charge is 0.165 e. The van der Waals surface area contributed by atoms with Gasteiger partial charge in [0.05, 0.1) is 11.0 Å². The van der Waals surface area contributed by atoms with Gasteiger partial charge in [0.2, 0.25) is 0 Å². The van der Waals surface area contributed by atoms with Gasteiger partial charge < -0.3 is 9.88 Å². The highest BCUT2D eigenvalue weighted by Crippen LogP contribution is 2.55. The van der Waals surface area contributed by atoms with Crippen molar-refractivity contribution in [3.8, 4) is 22.5 Å². The van der Waals surface area contributed by atoms with Crippen molar-refractivity contribution < 1.29 is 0 Å². The van der Waals surface area contributed by atoms with Gasteiger partial charge in [-0.05, 0) is 82.5 Å². The van der Waals surface area contributed by atoms with E-state index < -0.39 is 0 Å². The molecule has 0 fully saturated rings. The van der Waals surface area contributed by atoms with E-state index >= 15 is 0 Å². The topological polar surface area (TPSA) is 68.5 Å². The second-order valence-corrected chi connectivity index (χ2v) is 16.2. The molecule has 6 nitrogen and oxygen atoms in total. The molecule has 3 aromatic heterocycles. The van der Waals surface area contributed by atoms with Crippen molar-refractivity contribution >= 4 is 44.2 Å². The van der Waals surface area contributed by atoms with E-state index in [1.807, 2.05) is 24.5 Å². The monoisotopic (exact) mass is 750 g/mol. The summed E-state index contributed by atoms with van der Waals surface area (Å²) in [6.45, 7) is 5.51. The van der Waals surface area contributed by atoms with E-state index in [1.165, 1.54) is 55.3 Å². The molecule has 2 unspecified atom stereocenters. The molecular weight excluding hydrogens is 709 g/mol. The molecule has 4 heterocycles. The molecule has 4 aliphatic rings. The summed E-state index contributed by atoms with van der Waals surface area (Å²) >= 11 is 0. The zero-order valence-electron chi connectivity index (χ0n) is 32.6. The fourth-order valence-electron chi connectivity index (χ4n) is 9.78. The minimum atomic E-state index is -0.0976. The zero-order valence-corrected chi connectivity index (χ0v) is 32.6. The minimum absolute atomic E-state index is 0.0976. The molecule has 2 atom stereocenters. The summed E-state index contributed by atoms with van der Waals surface area (Å²) in [6, 6.07) is 37.6. The first-order valence-electron chi connectivity index (χ1n) is 20.3. The van der Waals surface area contributed by atoms with Crippen LogP contribution in [0.15, 0.2) is 164 Å². The lowest BCUT2D eigenvalue weighted by molar-refractivity contribution is 0.485. The number of dihydropyridines is 1. The first kappa shape index (κ1) is 34.3. The maximum Gasteiger partial charge on any atom is 0.165 e. The molecule has 7 aromatic rings. The van der Waals surface area contributed by atoms with Gasteiger partial charge in [0.15, 0.2) is 17.5 Å². The van der Waals surface area contributed by atoms with Crippen LogP contribution in [0.2, 0.25) is 0 Å². The molecule has 0 amide bonds. The Kier molecular flexibility index (Phi) is 8.07. The van der Waals surface area contributed by atoms with Gasteiger partial charge in [-0.1, -0.05) is 129 Å². The Morgan fingerprint density at radius 2 is 1.53 bits per heavy atom. The third-order valence-electron chi connectivity index (χ3n) is 12.5. The van der Waals surface area contributed by atoms with E-state index in [0.717, 1.165) is 41.7 Å². The number of nitrogens with zero attached hydrogens (tertiary/aromatic N) is 5. The highest BCUT2D eigenvalue weighted by Gasteiger charge is 2.39. The molecule has 58 heavy (non-hydrogen) atoms. The van der Waals surface area contributed by atoms with Gasteiger partial charge >= 0.3 is 0 Å². The third-order valence-corrected chi connectivity index (χ3v) is 12.5. The maximum absolute atomic E-state index is 5.24. The van der Waals surface area contributed by atoms with Gasteiger partial charge in [-0.15, -0.1) is 0 Å². The van der Waals surface area contributed by atoms with Gasteiger partial charge in [-0.25, -0.2) is 15.0 Å². The van der Waals surface area contributed by atoms with Crippen molar-refractivity contribution in [1.29, 1.82) is 0 Å². The number of para-hydroxylation sites is 1. The molecule has 6 heteroatoms. The fraction of sp³-hybridized carbons (Fsp3) is 0.154. The predicted octanol–water partition coefficient (Wildman–Crippen LogP) is 11.5. The van der Waals surface area contributed by atoms with Crippen molar-refractivity contribution in [2.45, 2.75) is 32.1 Å². The first-order valence-corrected chi connectivity index (χ1v) is 20.3. The first-order chi connectivity index (χ1) is 28.5. The van der Waals surface area contributed by atoms with E-state index in [2.05, 4.69) is 162 Å². The molecular formula is C52H42N6. The highest BCUT2D eigenvalue weighted by atomic mass is 15.0. The van der Waals surface area contributed by atoms with Gasteiger partial charge in [0, 0.05) is 69.7 Å². The van der Waals surface area contributed by atoms with Crippen LogP contribution in [-0.2, 0) is 5.41 Å². The Morgan fingerprint density at radius 3 is 2.36 bits per heavy atom. The predicted molar refractivity (Wildman–Crippen MR) is 237 cm³/mol. The van der Waals surface area contributed by atoms with Crippen LogP contribution in [0.1, 0.15) is 55.0 Å². The average molecular weight is 751 g/mol. The largest absolute Gasteiger partial charge is 0.387 e. The number of hydrogen-bond donors (Lipinski definition) is 1. The standard InChI is InChI=1S/C52H42N6/c1-52(2)42-23-11-9-21-38(42)46-43(52)25-26-45-47(46)39-22-10-12-24-44(39)58(45)48-40(33-15-5-3-6-16-33)29-37(30-41(48)34-17-7-4-8-18-34)51-56-49(35-19-13-27-53-31-35)55-50(57-51)36-20-14-28-54-32-36/h3-17,19-27,29,31-32,34,41,54H,18,28,30H2,1-2H3. The van der Waals surface area contributed by atoms with Crippen molar-refractivity contribution in [1.82, 2.24) is 29.8 Å². The second-order valence-electron chi connectivity index (χ2n) is 16.2. The number of benzene rings is 4. The molecule has 4 aromatic carbocycles. The van der Waals surface area contributed by atoms with Crippen LogP contribution in [0.25, 0.3) is 66.7 Å². The van der Waals surface area contributed by atoms with Crippen LogP contribution in [0.5, 0.6) is 0 Å². The molecule has 0 spiro atoms. The lowest BCUT2D eigenvalue weighted by atomic mass is 9.75. The van der Waals surface area contributed by atoms with E-state index in [1.54, 1.807) is 6.20 Å². The lowest BCUT2D eigenvalue weighted by Crippen LogP contribution is -2.23. The molecule has 280 valence electrons. The molecule has 0 saturated heterocycles. The van der Waals surface area contributed by atoms with Gasteiger partial charge in [0.1, 0.15) is 0 Å². The Hall–Kier alpha value is -6.92. The fourth-order valence-corrected chi connectivity index (χ4v) is 9.78. The average Bonchev–Trinajstić information content (AvgIpc) is 3.75. The summed E-state index contributed by atoms with van der Waals surface area (Å²) in [5.74, 6) is 2.29. The van der Waals surface area contributed by atoms with E-state index in [0.29, 0.717) is 17.5 Å². The summed E-state index contributed by atoms with van der Waals surface area (Å²) in [5.41, 5.74) is 14.4. The molecule has 11 rings (SSSR count). The number of hydrogen-bond acceptors (Lipinski definition) is 5. The molecule has 1 aliphatic heterocycles. The maximum atomic E-state index is 5.24. The highest BCUT2D eigenvalue weighted by molar-refractivity contribution is 6.19. The second kappa shape index (κ2) is 13.6. The summed E-state index contributed by atoms with van der Waals surface area (Å²) in [6.07, 6.45) is 23.0. The number of nitrogens with one attached hydrogen (secondary N) is 1. The summed E-state index contributed by atoms with van der Waals surface area (Å²) in [7, 11) is 0. The quantitative estimate of drug-likeness (QED) is 0.183. The van der Waals surface area contributed by atoms with E-state index in [4.69, 9.17) is 15.0 Å². The van der Waals surface area contributed by atoms with Crippen LogP contribution in [-0.4, -0.2) is 31.0 Å². The Morgan fingerprint density at radius 1 is 0.724 bits per heavy atom. The van der Waals surface area contributed by atoms with Crippen molar-refractivity contribution in [3.05, 3.63) is 193 Å². The summed E-state index contributed by atoms with van der Waals surface area (Å²) in [5, 5.41) is 5.95. The van der Waals surface area contributed by atoms with Gasteiger partial charge in [0.25, 0.3) is 0 Å². The van der Waals surface area contributed by atoms with E-state index in [9.17, 15) is 0 Å². The lowest BCUT2D eigenvalue weighted by Gasteiger charge is -2.35. The van der Waals surface area contributed by atoms with Crippen molar-refractivity contribution in [2.75, 3.05) is 6.54 Å². The van der Waals surface area contributed by atoms with Crippen LogP contribution >= 0.6 is 0 Å². The Balaban J connectivity index is 1.22. The normalized spacial score (nSPS) is 19.2. The molecule has 3 aliphatic carbocycles. The van der Waals surface area contributed by atoms with Gasteiger partial charge in [-0.3, -0.25) is 4.98 Å². The number of pyridine rings is 1. The molecule has 0 saturated carbocycles. The third kappa shape index (κ3) is 5.47. The summed E-state index contributed by atoms with van der Waals surface area (Å²) < 4.78 is 2.61.